The Morgan fingerprint density at radius 3 is 2.47 bits per heavy atom. The minimum absolute atomic E-state index is 0.0627. The maximum Gasteiger partial charge on any atom is 0.406 e. The Kier molecular flexibility index (Phi) is 7.59. The van der Waals surface area contributed by atoms with Gasteiger partial charge >= 0.3 is 6.18 Å². The van der Waals surface area contributed by atoms with Gasteiger partial charge in [-0.05, 0) is 31.3 Å². The molecule has 0 unspecified atom stereocenters. The third-order valence-electron chi connectivity index (χ3n) is 5.36. The van der Waals surface area contributed by atoms with E-state index in [1.807, 2.05) is 11.9 Å². The van der Waals surface area contributed by atoms with Crippen molar-refractivity contribution >= 4 is 38.9 Å². The molecule has 1 aromatic carbocycles. The summed E-state index contributed by atoms with van der Waals surface area (Å²) in [6, 6.07) is 6.02. The molecule has 1 aliphatic heterocycles. The molecular weight excluding hydrogens is 554 g/mol. The number of alkyl halides is 3. The lowest BCUT2D eigenvalue weighted by Gasteiger charge is -2.35. The first-order chi connectivity index (χ1) is 17.6. The van der Waals surface area contributed by atoms with Crippen LogP contribution in [0.15, 0.2) is 42.7 Å². The zero-order valence-electron chi connectivity index (χ0n) is 20.0. The number of nitrogens with zero attached hydrogens (tertiary/aromatic N) is 3. The van der Waals surface area contributed by atoms with E-state index in [0.29, 0.717) is 17.7 Å². The number of carbonyl (C=O) groups is 1. The fourth-order valence-electron chi connectivity index (χ4n) is 3.88. The van der Waals surface area contributed by atoms with E-state index in [4.69, 9.17) is 16.3 Å². The number of pyridine rings is 1. The van der Waals surface area contributed by atoms with E-state index in [2.05, 4.69) is 15.0 Å². The van der Waals surface area contributed by atoms with E-state index >= 15 is 0 Å². The Balaban J connectivity index is 1.62. The summed E-state index contributed by atoms with van der Waals surface area (Å²) in [5.41, 5.74) is -0.751. The number of likely N-dealkylation sites (tertiary alicyclic amines) is 1. The molecular formula is C23H22ClF4N5O4S. The first-order valence-electron chi connectivity index (χ1n) is 11.0. The lowest BCUT2D eigenvalue weighted by atomic mass is 10.2. The molecule has 1 saturated heterocycles. The van der Waals surface area contributed by atoms with Gasteiger partial charge in [0.2, 0.25) is 10.0 Å². The van der Waals surface area contributed by atoms with E-state index in [-0.39, 0.29) is 39.5 Å². The topological polar surface area (TPSA) is 106 Å². The van der Waals surface area contributed by atoms with Crippen molar-refractivity contribution in [1.82, 2.24) is 14.5 Å². The highest BCUT2D eigenvalue weighted by molar-refractivity contribution is 7.92. The highest BCUT2D eigenvalue weighted by Crippen LogP contribution is 2.30. The molecule has 2 N–H and O–H groups in total. The number of nitrogens with one attached hydrogen (secondary N) is 2. The molecule has 0 spiro atoms. The van der Waals surface area contributed by atoms with Crippen LogP contribution in [0.3, 0.4) is 0 Å². The Morgan fingerprint density at radius 1 is 1.18 bits per heavy atom. The molecule has 38 heavy (non-hydrogen) atoms. The number of amides is 1. The fraction of sp³-hybridized carbons (Fsp3) is 0.304. The summed E-state index contributed by atoms with van der Waals surface area (Å²) in [4.78, 5) is 18.8. The molecule has 0 radical (unpaired) electrons. The van der Waals surface area contributed by atoms with Crippen molar-refractivity contribution < 1.29 is 35.5 Å². The summed E-state index contributed by atoms with van der Waals surface area (Å²) >= 11 is 5.99. The fourth-order valence-corrected chi connectivity index (χ4v) is 4.66. The van der Waals surface area contributed by atoms with Gasteiger partial charge in [0, 0.05) is 36.1 Å². The van der Waals surface area contributed by atoms with Gasteiger partial charge in [0.1, 0.15) is 24.1 Å². The molecule has 1 amide bonds. The third kappa shape index (κ3) is 7.14. The summed E-state index contributed by atoms with van der Waals surface area (Å²) in [6.45, 7) is -0.202. The van der Waals surface area contributed by atoms with E-state index in [9.17, 15) is 30.8 Å². The number of hydrogen-bond donors (Lipinski definition) is 2. The van der Waals surface area contributed by atoms with Gasteiger partial charge in [0.15, 0.2) is 5.82 Å². The predicted molar refractivity (Wildman–Crippen MR) is 133 cm³/mol. The minimum atomic E-state index is -4.67. The van der Waals surface area contributed by atoms with Crippen molar-refractivity contribution in [3.63, 3.8) is 0 Å². The van der Waals surface area contributed by atoms with Crippen molar-refractivity contribution in [2.24, 2.45) is 0 Å². The van der Waals surface area contributed by atoms with Gasteiger partial charge < -0.3 is 14.6 Å². The van der Waals surface area contributed by atoms with Gasteiger partial charge in [-0.25, -0.2) is 17.8 Å². The quantitative estimate of drug-likeness (QED) is 0.390. The number of halogens is 5. The van der Waals surface area contributed by atoms with E-state index in [1.54, 1.807) is 0 Å². The van der Waals surface area contributed by atoms with Gasteiger partial charge in [-0.3, -0.25) is 14.4 Å². The number of hydrogen-bond acceptors (Lipinski definition) is 6. The van der Waals surface area contributed by atoms with Gasteiger partial charge in [-0.2, -0.15) is 13.2 Å². The molecule has 0 bridgehead atoms. The Hall–Kier alpha value is -3.36. The van der Waals surface area contributed by atoms with Gasteiger partial charge in [0.05, 0.1) is 29.4 Å². The van der Waals surface area contributed by atoms with Crippen LogP contribution in [0.5, 0.6) is 5.75 Å². The average molecular weight is 576 g/mol. The normalized spacial score (nSPS) is 14.7. The lowest BCUT2D eigenvalue weighted by Crippen LogP contribution is -2.51. The van der Waals surface area contributed by atoms with E-state index in [1.165, 1.54) is 24.4 Å². The molecule has 15 heteroatoms. The maximum atomic E-state index is 15.0. The molecule has 3 heterocycles. The molecule has 0 atom stereocenters. The van der Waals surface area contributed by atoms with Crippen molar-refractivity contribution in [1.29, 1.82) is 0 Å². The third-order valence-corrected chi connectivity index (χ3v) is 6.18. The van der Waals surface area contributed by atoms with Crippen LogP contribution in [0.25, 0.3) is 11.4 Å². The van der Waals surface area contributed by atoms with Crippen LogP contribution in [-0.2, 0) is 16.6 Å². The van der Waals surface area contributed by atoms with Crippen LogP contribution < -0.4 is 14.8 Å². The van der Waals surface area contributed by atoms with Crippen molar-refractivity contribution in [3.05, 3.63) is 59.1 Å². The van der Waals surface area contributed by atoms with Gasteiger partial charge in [0.25, 0.3) is 5.91 Å². The molecule has 0 aliphatic carbocycles. The molecule has 1 aliphatic rings. The molecule has 1 fully saturated rings. The minimum Gasteiger partial charge on any atom is -0.486 e. The first kappa shape index (κ1) is 27.7. The zero-order valence-corrected chi connectivity index (χ0v) is 21.6. The lowest BCUT2D eigenvalue weighted by molar-refractivity contribution is -0.140. The molecule has 0 saturated carbocycles. The standard InChI is InChI=1S/C23H22ClF4N5O4S/c1-32-10-18(11-32)37-17-7-19(25)21(29-8-17)20-3-13(9-33(20)12-23(26,27)28)22(34)30-15-4-14(24)5-16(6-15)31-38(2,35)36/h3-9,18,31H,10-12H2,1-2H3,(H,30,34). The average Bonchev–Trinajstić information content (AvgIpc) is 3.13. The number of carbonyl (C=O) groups excluding carboxylic acids is 1. The summed E-state index contributed by atoms with van der Waals surface area (Å²) in [5, 5.41) is 2.54. The van der Waals surface area contributed by atoms with E-state index in [0.717, 1.165) is 24.6 Å². The second-order valence-electron chi connectivity index (χ2n) is 8.88. The maximum absolute atomic E-state index is 15.0. The van der Waals surface area contributed by atoms with Crippen LogP contribution in [0.2, 0.25) is 5.02 Å². The first-order valence-corrected chi connectivity index (χ1v) is 13.3. The van der Waals surface area contributed by atoms with Crippen LogP contribution in [0, 0.1) is 5.82 Å². The monoisotopic (exact) mass is 575 g/mol. The number of aromatic nitrogens is 2. The number of benzene rings is 1. The number of anilines is 2. The summed E-state index contributed by atoms with van der Waals surface area (Å²) in [7, 11) is -1.75. The summed E-state index contributed by atoms with van der Waals surface area (Å²) in [5.74, 6) is -1.63. The van der Waals surface area contributed by atoms with Gasteiger partial charge in [-0.15, -0.1) is 0 Å². The summed E-state index contributed by atoms with van der Waals surface area (Å²) in [6.07, 6.45) is -1.75. The van der Waals surface area contributed by atoms with Crippen molar-refractivity contribution in [3.8, 4) is 17.1 Å². The zero-order chi connectivity index (χ0) is 27.8. The van der Waals surface area contributed by atoms with Crippen LogP contribution in [0.1, 0.15) is 10.4 Å². The van der Waals surface area contributed by atoms with Crippen LogP contribution in [-0.4, -0.2) is 67.4 Å². The number of likely N-dealkylation sites (N-methyl/N-ethyl adjacent to an activating group) is 1. The number of sulfonamides is 1. The second kappa shape index (κ2) is 10.4. The van der Waals surface area contributed by atoms with Crippen molar-refractivity contribution in [2.45, 2.75) is 18.8 Å². The van der Waals surface area contributed by atoms with Crippen LogP contribution in [0.4, 0.5) is 28.9 Å². The van der Waals surface area contributed by atoms with Crippen LogP contribution >= 0.6 is 11.6 Å². The molecule has 9 nitrogen and oxygen atoms in total. The Labute approximate surface area is 220 Å². The van der Waals surface area contributed by atoms with Crippen molar-refractivity contribution in [2.75, 3.05) is 36.4 Å². The highest BCUT2D eigenvalue weighted by Gasteiger charge is 2.31. The molecule has 3 aromatic rings. The molecule has 2 aromatic heterocycles. The largest absolute Gasteiger partial charge is 0.486 e. The number of ether oxygens (including phenoxy) is 1. The summed E-state index contributed by atoms with van der Waals surface area (Å²) < 4.78 is 86.3. The number of rotatable bonds is 8. The van der Waals surface area contributed by atoms with Gasteiger partial charge in [-0.1, -0.05) is 11.6 Å². The molecule has 204 valence electrons. The SMILES string of the molecule is CN1CC(Oc2cnc(-c3cc(C(=O)Nc4cc(Cl)cc(NS(C)(=O)=O)c4)cn3CC(F)(F)F)c(F)c2)C1. The Bertz CT molecular complexity index is 1470. The Morgan fingerprint density at radius 2 is 1.87 bits per heavy atom. The second-order valence-corrected chi connectivity index (χ2v) is 11.1. The predicted octanol–water partition coefficient (Wildman–Crippen LogP) is 4.22. The highest BCUT2D eigenvalue weighted by atomic mass is 35.5. The smallest absolute Gasteiger partial charge is 0.406 e. The molecule has 4 rings (SSSR count). The van der Waals surface area contributed by atoms with E-state index < -0.39 is 40.2 Å².